The minimum atomic E-state index is -1.58. The molecule has 0 aromatic heterocycles. The lowest BCUT2D eigenvalue weighted by molar-refractivity contribution is -0.191. The molecule has 0 heterocycles. The third-order valence-electron chi connectivity index (χ3n) is 1.28. The van der Waals surface area contributed by atoms with E-state index < -0.39 is 36.5 Å². The summed E-state index contributed by atoms with van der Waals surface area (Å²) in [5.74, 6) is -4.75. The first-order chi connectivity index (χ1) is 9.22. The van der Waals surface area contributed by atoms with Crippen LogP contribution in [0, 0.1) is 0 Å². The highest BCUT2D eigenvalue weighted by Gasteiger charge is 2.12. The van der Waals surface area contributed by atoms with Crippen LogP contribution in [0.2, 0.25) is 0 Å². The van der Waals surface area contributed by atoms with E-state index in [-0.39, 0.29) is 26.4 Å². The minimum Gasteiger partial charge on any atom is -0.481 e. The van der Waals surface area contributed by atoms with E-state index >= 15 is 0 Å². The molecule has 0 spiro atoms. The number of carboxylic acids is 3. The average Bonchev–Trinajstić information content (AvgIpc) is 2.34. The quantitative estimate of drug-likeness (QED) is 0.413. The van der Waals surface area contributed by atoms with Crippen LogP contribution in [0.15, 0.2) is 0 Å². The topological polar surface area (TPSA) is 180 Å². The highest BCUT2D eigenvalue weighted by atomic mass is 16.4. The van der Waals surface area contributed by atoms with Crippen molar-refractivity contribution < 1.29 is 48.9 Å². The van der Waals surface area contributed by atoms with Gasteiger partial charge in [0.05, 0.1) is 12.8 Å². The second kappa shape index (κ2) is 19.5. The van der Waals surface area contributed by atoms with Crippen molar-refractivity contribution in [1.29, 1.82) is 0 Å². The predicted octanol–water partition coefficient (Wildman–Crippen LogP) is -0.392. The van der Waals surface area contributed by atoms with Gasteiger partial charge in [0.2, 0.25) is 5.78 Å². The van der Waals surface area contributed by atoms with Crippen LogP contribution >= 0.6 is 0 Å². The summed E-state index contributed by atoms with van der Waals surface area (Å²) >= 11 is 0. The number of aliphatic carboxylic acids is 3. The highest BCUT2D eigenvalue weighted by Crippen LogP contribution is 1.90. The Labute approximate surface area is 119 Å². The molecule has 0 unspecified atom stereocenters. The van der Waals surface area contributed by atoms with E-state index in [9.17, 15) is 24.0 Å². The number of hydrogen-bond donors (Lipinski definition) is 3. The second-order valence-corrected chi connectivity index (χ2v) is 2.80. The molecule has 21 heavy (non-hydrogen) atoms. The van der Waals surface area contributed by atoms with Crippen molar-refractivity contribution >= 4 is 36.1 Å². The van der Waals surface area contributed by atoms with Gasteiger partial charge in [0.25, 0.3) is 0 Å². The molecule has 0 bridgehead atoms. The molecule has 0 radical (unpaired) electrons. The number of ketones is 1. The van der Waals surface area contributed by atoms with Crippen LogP contribution in [-0.4, -0.2) is 51.4 Å². The molecule has 0 aliphatic rings. The van der Waals surface area contributed by atoms with Gasteiger partial charge in [-0.25, -0.2) is 4.79 Å². The zero-order valence-corrected chi connectivity index (χ0v) is 10.1. The van der Waals surface area contributed by atoms with Crippen molar-refractivity contribution in [3.63, 3.8) is 0 Å². The van der Waals surface area contributed by atoms with E-state index in [0.29, 0.717) is 6.29 Å². The fourth-order valence-electron chi connectivity index (χ4n) is 0.510. The van der Waals surface area contributed by atoms with Gasteiger partial charge in [0.15, 0.2) is 0 Å². The number of hydrogen-bond acceptors (Lipinski definition) is 7. The monoisotopic (exact) mass is 308 g/mol. The predicted molar refractivity (Wildman–Crippen MR) is 64.2 cm³/mol. The summed E-state index contributed by atoms with van der Waals surface area (Å²) in [7, 11) is 0. The maximum Gasteiger partial charge on any atom is 0.373 e. The van der Waals surface area contributed by atoms with Gasteiger partial charge in [0.1, 0.15) is 6.29 Å². The van der Waals surface area contributed by atoms with Crippen molar-refractivity contribution in [3.8, 4) is 0 Å². The minimum absolute atomic E-state index is 0. The first-order valence-corrected chi connectivity index (χ1v) is 4.85. The Morgan fingerprint density at radius 2 is 1.24 bits per heavy atom. The van der Waals surface area contributed by atoms with Crippen molar-refractivity contribution in [2.45, 2.75) is 33.1 Å². The maximum atomic E-state index is 10.2. The first kappa shape index (κ1) is 26.6. The largest absolute Gasteiger partial charge is 0.481 e. The van der Waals surface area contributed by atoms with Gasteiger partial charge < -0.3 is 20.1 Å². The summed E-state index contributed by atoms with van der Waals surface area (Å²) in [4.78, 5) is 65.0. The van der Waals surface area contributed by atoms with Gasteiger partial charge in [-0.1, -0.05) is 7.43 Å². The fraction of sp³-hybridized carbons (Fsp3) is 0.455. The highest BCUT2D eigenvalue weighted by molar-refractivity contribution is 6.32. The molecule has 10 heteroatoms. The van der Waals surface area contributed by atoms with Crippen LogP contribution in [0.4, 0.5) is 0 Å². The molecular weight excluding hydrogens is 292 g/mol. The molecular formula is C11H16O10. The second-order valence-electron chi connectivity index (χ2n) is 2.80. The molecule has 0 rings (SSSR count). The van der Waals surface area contributed by atoms with Crippen molar-refractivity contribution in [1.82, 2.24) is 0 Å². The molecule has 120 valence electrons. The zero-order chi connectivity index (χ0) is 16.6. The lowest BCUT2D eigenvalue weighted by atomic mass is 10.2. The van der Waals surface area contributed by atoms with Crippen LogP contribution in [0.3, 0.4) is 0 Å². The maximum absolute atomic E-state index is 10.2. The molecule has 3 N–H and O–H groups in total. The van der Waals surface area contributed by atoms with Gasteiger partial charge in [-0.05, 0) is 0 Å². The van der Waals surface area contributed by atoms with Crippen LogP contribution in [0.5, 0.6) is 0 Å². The van der Waals surface area contributed by atoms with E-state index in [2.05, 4.69) is 0 Å². The number of carbonyl (C=O) groups is 5. The number of rotatable bonds is 7. The molecule has 0 amide bonds. The molecule has 0 saturated heterocycles. The van der Waals surface area contributed by atoms with Gasteiger partial charge in [-0.15, -0.1) is 0 Å². The third kappa shape index (κ3) is 38.2. The average molecular weight is 308 g/mol. The molecule has 0 saturated carbocycles. The zero-order valence-electron chi connectivity index (χ0n) is 10.1. The van der Waals surface area contributed by atoms with Gasteiger partial charge in [0, 0.05) is 12.8 Å². The molecule has 0 aromatic rings. The van der Waals surface area contributed by atoms with Crippen molar-refractivity contribution in [2.24, 2.45) is 0 Å². The van der Waals surface area contributed by atoms with Crippen LogP contribution in [0.25, 0.3) is 0 Å². The summed E-state index contributed by atoms with van der Waals surface area (Å²) in [5, 5.41) is 23.8. The lowest BCUT2D eigenvalue weighted by Crippen LogP contribution is -2.13. The summed E-state index contributed by atoms with van der Waals surface area (Å²) in [6.07, 6.45) is 0.0444. The SMILES string of the molecule is C.O=C(O)CCC(=O)C(=O)O.O=C=O.O=CCCC(=O)O. The summed E-state index contributed by atoms with van der Waals surface area (Å²) in [6.45, 7) is 0. The Morgan fingerprint density at radius 1 is 0.857 bits per heavy atom. The summed E-state index contributed by atoms with van der Waals surface area (Å²) in [6, 6.07) is 0. The van der Waals surface area contributed by atoms with E-state index in [1.54, 1.807) is 0 Å². The first-order valence-electron chi connectivity index (χ1n) is 4.85. The molecule has 0 aliphatic heterocycles. The number of aldehydes is 1. The fourth-order valence-corrected chi connectivity index (χ4v) is 0.510. The Hall–Kier alpha value is -2.87. The number of Topliss-reactive ketones (excluding diaryl/α,β-unsaturated/α-hetero) is 1. The standard InChI is InChI=1S/C5H6O5.C4H6O3.CO2.CH4/c6-3(5(9)10)1-2-4(7)8;5-3-1-2-4(6)7;2-1-3;/h1-2H2,(H,7,8)(H,9,10);3H,1-2H2,(H,6,7);;1H4. The Bertz CT molecular complexity index is 378. The molecule has 0 aromatic carbocycles. The lowest BCUT2D eigenvalue weighted by Gasteiger charge is -1.88. The smallest absolute Gasteiger partial charge is 0.373 e. The van der Waals surface area contributed by atoms with Gasteiger partial charge in [-0.3, -0.25) is 14.4 Å². The van der Waals surface area contributed by atoms with E-state index in [1.807, 2.05) is 0 Å². The Kier molecular flexibility index (Phi) is 24.7. The summed E-state index contributed by atoms with van der Waals surface area (Å²) in [5.41, 5.74) is 0. The van der Waals surface area contributed by atoms with Crippen molar-refractivity contribution in [2.75, 3.05) is 0 Å². The number of carbonyl (C=O) groups excluding carboxylic acids is 4. The number of carboxylic acid groups (broad SMARTS) is 3. The van der Waals surface area contributed by atoms with Crippen LogP contribution < -0.4 is 0 Å². The molecule has 0 aliphatic carbocycles. The van der Waals surface area contributed by atoms with E-state index in [4.69, 9.17) is 24.9 Å². The van der Waals surface area contributed by atoms with E-state index in [0.717, 1.165) is 0 Å². The third-order valence-corrected chi connectivity index (χ3v) is 1.28. The molecule has 0 fully saturated rings. The van der Waals surface area contributed by atoms with Gasteiger partial charge in [-0.2, -0.15) is 9.59 Å². The van der Waals surface area contributed by atoms with E-state index in [1.165, 1.54) is 0 Å². The normalized spacial score (nSPS) is 7.24. The Balaban J connectivity index is -0.000000115. The Morgan fingerprint density at radius 3 is 1.43 bits per heavy atom. The van der Waals surface area contributed by atoms with Crippen molar-refractivity contribution in [3.05, 3.63) is 0 Å². The van der Waals surface area contributed by atoms with Crippen LogP contribution in [-0.2, 0) is 33.6 Å². The summed E-state index contributed by atoms with van der Waals surface area (Å²) < 4.78 is 0. The molecule has 10 nitrogen and oxygen atoms in total. The van der Waals surface area contributed by atoms with Crippen LogP contribution in [0.1, 0.15) is 33.1 Å². The molecule has 0 atom stereocenters. The van der Waals surface area contributed by atoms with Gasteiger partial charge >= 0.3 is 24.1 Å².